The highest BCUT2D eigenvalue weighted by Crippen LogP contribution is 2.17. The van der Waals surface area contributed by atoms with Crippen LogP contribution in [0.3, 0.4) is 0 Å². The Hall–Kier alpha value is 0.290. The van der Waals surface area contributed by atoms with Crippen LogP contribution >= 0.6 is 11.6 Å². The zero-order valence-electron chi connectivity index (χ0n) is 8.07. The summed E-state index contributed by atoms with van der Waals surface area (Å²) in [4.78, 5) is 0. The van der Waals surface area contributed by atoms with Gasteiger partial charge in [-0.3, -0.25) is 0 Å². The molecule has 0 amide bonds. The molecule has 0 saturated heterocycles. The minimum Gasteiger partial charge on any atom is -0.123 e. The molecule has 0 bridgehead atoms. The van der Waals surface area contributed by atoms with Crippen molar-refractivity contribution in [2.75, 3.05) is 0 Å². The number of alkyl halides is 1. The molecule has 68 valence electrons. The fourth-order valence-electron chi connectivity index (χ4n) is 1.38. The molecule has 11 heavy (non-hydrogen) atoms. The van der Waals surface area contributed by atoms with Crippen molar-refractivity contribution < 1.29 is 0 Å². The predicted molar refractivity (Wildman–Crippen MR) is 53.2 cm³/mol. The zero-order chi connectivity index (χ0) is 8.69. The van der Waals surface area contributed by atoms with Crippen LogP contribution in [0.1, 0.15) is 52.9 Å². The van der Waals surface area contributed by atoms with Crippen molar-refractivity contribution in [2.24, 2.45) is 5.92 Å². The summed E-state index contributed by atoms with van der Waals surface area (Å²) in [6.45, 7) is 6.63. The molecule has 0 aliphatic heterocycles. The molecule has 0 fully saturated rings. The van der Waals surface area contributed by atoms with Crippen molar-refractivity contribution in [1.29, 1.82) is 0 Å². The van der Waals surface area contributed by atoms with Crippen LogP contribution in [0.2, 0.25) is 0 Å². The van der Waals surface area contributed by atoms with E-state index in [-0.39, 0.29) is 0 Å². The minimum atomic E-state index is 0.365. The molecule has 0 radical (unpaired) electrons. The van der Waals surface area contributed by atoms with Crippen molar-refractivity contribution >= 4 is 11.6 Å². The van der Waals surface area contributed by atoms with Crippen molar-refractivity contribution in [1.82, 2.24) is 0 Å². The van der Waals surface area contributed by atoms with Crippen molar-refractivity contribution in [3.63, 3.8) is 0 Å². The molecule has 0 aromatic rings. The van der Waals surface area contributed by atoms with E-state index >= 15 is 0 Å². The highest BCUT2D eigenvalue weighted by atomic mass is 35.5. The Labute approximate surface area is 76.3 Å². The first-order chi connectivity index (χ1) is 5.20. The highest BCUT2D eigenvalue weighted by molar-refractivity contribution is 6.20. The third-order valence-electron chi connectivity index (χ3n) is 2.37. The Morgan fingerprint density at radius 1 is 1.09 bits per heavy atom. The van der Waals surface area contributed by atoms with Crippen LogP contribution in [0.4, 0.5) is 0 Å². The summed E-state index contributed by atoms with van der Waals surface area (Å²) >= 11 is 5.85. The maximum absolute atomic E-state index is 5.85. The van der Waals surface area contributed by atoms with E-state index in [1.807, 2.05) is 0 Å². The van der Waals surface area contributed by atoms with Crippen LogP contribution in [0.25, 0.3) is 0 Å². The number of rotatable bonds is 6. The lowest BCUT2D eigenvalue weighted by Crippen LogP contribution is -1.98. The Morgan fingerprint density at radius 3 is 2.00 bits per heavy atom. The van der Waals surface area contributed by atoms with Gasteiger partial charge in [-0.1, -0.05) is 39.5 Å². The Morgan fingerprint density at radius 2 is 1.64 bits per heavy atom. The molecule has 0 aliphatic rings. The van der Waals surface area contributed by atoms with E-state index in [1.54, 1.807) is 0 Å². The summed E-state index contributed by atoms with van der Waals surface area (Å²) in [5.74, 6) is 0.936. The first kappa shape index (κ1) is 11.3. The largest absolute Gasteiger partial charge is 0.123 e. The first-order valence-corrected chi connectivity index (χ1v) is 5.28. The summed E-state index contributed by atoms with van der Waals surface area (Å²) < 4.78 is 0. The average molecular weight is 177 g/mol. The van der Waals surface area contributed by atoms with Gasteiger partial charge in [-0.25, -0.2) is 0 Å². The molecule has 0 aliphatic carbocycles. The van der Waals surface area contributed by atoms with E-state index in [2.05, 4.69) is 20.8 Å². The number of hydrogen-bond donors (Lipinski definition) is 0. The first-order valence-electron chi connectivity index (χ1n) is 4.84. The Kier molecular flexibility index (Phi) is 7.15. The van der Waals surface area contributed by atoms with Gasteiger partial charge in [-0.05, 0) is 19.3 Å². The van der Waals surface area contributed by atoms with Gasteiger partial charge in [0.1, 0.15) is 0 Å². The van der Waals surface area contributed by atoms with Crippen molar-refractivity contribution in [3.8, 4) is 0 Å². The standard InChI is InChI=1S/C10H21Cl/c1-4-10(5-2)8-6-7-9(3)11/h9-10H,4-8H2,1-3H3. The molecular weight excluding hydrogens is 156 g/mol. The molecule has 1 atom stereocenters. The third-order valence-corrected chi connectivity index (χ3v) is 2.59. The smallest absolute Gasteiger partial charge is 0.0307 e. The second kappa shape index (κ2) is 6.97. The highest BCUT2D eigenvalue weighted by Gasteiger charge is 2.03. The molecule has 1 unspecified atom stereocenters. The fraction of sp³-hybridized carbons (Fsp3) is 1.00. The summed E-state index contributed by atoms with van der Waals surface area (Å²) in [7, 11) is 0. The molecular formula is C10H21Cl. The van der Waals surface area contributed by atoms with Crippen LogP contribution in [-0.2, 0) is 0 Å². The van der Waals surface area contributed by atoms with Gasteiger partial charge in [-0.15, -0.1) is 11.6 Å². The molecule has 0 heterocycles. The van der Waals surface area contributed by atoms with Crippen LogP contribution in [0.15, 0.2) is 0 Å². The lowest BCUT2D eigenvalue weighted by Gasteiger charge is -2.11. The van der Waals surface area contributed by atoms with Gasteiger partial charge in [0.25, 0.3) is 0 Å². The summed E-state index contributed by atoms with van der Waals surface area (Å²) in [6.07, 6.45) is 6.50. The molecule has 1 heteroatoms. The fourth-order valence-corrected chi connectivity index (χ4v) is 1.54. The van der Waals surface area contributed by atoms with Gasteiger partial charge in [-0.2, -0.15) is 0 Å². The van der Waals surface area contributed by atoms with E-state index in [4.69, 9.17) is 11.6 Å². The van der Waals surface area contributed by atoms with Crippen LogP contribution in [0, 0.1) is 5.92 Å². The third kappa shape index (κ3) is 6.68. The van der Waals surface area contributed by atoms with E-state index in [9.17, 15) is 0 Å². The number of halogens is 1. The minimum absolute atomic E-state index is 0.365. The summed E-state index contributed by atoms with van der Waals surface area (Å²) in [5, 5.41) is 0.365. The van der Waals surface area contributed by atoms with Gasteiger partial charge >= 0.3 is 0 Å². The van der Waals surface area contributed by atoms with Crippen molar-refractivity contribution in [3.05, 3.63) is 0 Å². The summed E-state index contributed by atoms with van der Waals surface area (Å²) in [6, 6.07) is 0. The Bertz CT molecular complexity index is 74.9. The van der Waals surface area contributed by atoms with Gasteiger partial charge in [0.15, 0.2) is 0 Å². The van der Waals surface area contributed by atoms with E-state index in [1.165, 1.54) is 32.1 Å². The molecule has 0 spiro atoms. The second-order valence-corrected chi connectivity index (χ2v) is 4.14. The quantitative estimate of drug-likeness (QED) is 0.532. The normalized spacial score (nSPS) is 13.9. The lowest BCUT2D eigenvalue weighted by atomic mass is 9.96. The SMILES string of the molecule is CCC(CC)CCCC(C)Cl. The van der Waals surface area contributed by atoms with Gasteiger partial charge in [0.2, 0.25) is 0 Å². The molecule has 0 aromatic heterocycles. The Balaban J connectivity index is 3.21. The molecule has 0 saturated carbocycles. The van der Waals surface area contributed by atoms with Crippen LogP contribution < -0.4 is 0 Å². The van der Waals surface area contributed by atoms with E-state index in [0.717, 1.165) is 5.92 Å². The molecule has 0 N–H and O–H groups in total. The average Bonchev–Trinajstić information content (AvgIpc) is 1.98. The molecule has 0 nitrogen and oxygen atoms in total. The summed E-state index contributed by atoms with van der Waals surface area (Å²) in [5.41, 5.74) is 0. The topological polar surface area (TPSA) is 0 Å². The van der Waals surface area contributed by atoms with Crippen LogP contribution in [-0.4, -0.2) is 5.38 Å². The second-order valence-electron chi connectivity index (χ2n) is 3.39. The van der Waals surface area contributed by atoms with E-state index < -0.39 is 0 Å². The molecule has 0 rings (SSSR count). The maximum Gasteiger partial charge on any atom is 0.0307 e. The maximum atomic E-state index is 5.85. The predicted octanol–water partition coefficient (Wildman–Crippen LogP) is 4.22. The zero-order valence-corrected chi connectivity index (χ0v) is 8.82. The van der Waals surface area contributed by atoms with Crippen molar-refractivity contribution in [2.45, 2.75) is 58.3 Å². The lowest BCUT2D eigenvalue weighted by molar-refractivity contribution is 0.433. The molecule has 0 aromatic carbocycles. The van der Waals surface area contributed by atoms with Crippen LogP contribution in [0.5, 0.6) is 0 Å². The van der Waals surface area contributed by atoms with Gasteiger partial charge in [0.05, 0.1) is 0 Å². The van der Waals surface area contributed by atoms with Gasteiger partial charge in [0, 0.05) is 5.38 Å². The van der Waals surface area contributed by atoms with E-state index in [0.29, 0.717) is 5.38 Å². The van der Waals surface area contributed by atoms with Gasteiger partial charge < -0.3 is 0 Å². The monoisotopic (exact) mass is 176 g/mol. The number of hydrogen-bond acceptors (Lipinski definition) is 0.